The zero-order chi connectivity index (χ0) is 14.8. The van der Waals surface area contributed by atoms with E-state index < -0.39 is 0 Å². The molecule has 0 saturated heterocycles. The monoisotopic (exact) mass is 311 g/mol. The van der Waals surface area contributed by atoms with Crippen molar-refractivity contribution >= 4 is 21.4 Å². The SMILES string of the molecule is c1ccc2c(c1)OCOC2CNCc1cc2ccccc2s1. The number of benzene rings is 2. The van der Waals surface area contributed by atoms with E-state index in [0.717, 1.165) is 24.4 Å². The quantitative estimate of drug-likeness (QED) is 0.787. The molecule has 0 amide bonds. The van der Waals surface area contributed by atoms with Crippen LogP contribution in [0.3, 0.4) is 0 Å². The van der Waals surface area contributed by atoms with Crippen molar-refractivity contribution in [2.75, 3.05) is 13.3 Å². The number of hydrogen-bond donors (Lipinski definition) is 1. The predicted molar refractivity (Wildman–Crippen MR) is 89.3 cm³/mol. The average Bonchev–Trinajstić information content (AvgIpc) is 2.98. The van der Waals surface area contributed by atoms with E-state index >= 15 is 0 Å². The Balaban J connectivity index is 1.41. The van der Waals surface area contributed by atoms with Crippen LogP contribution in [0.1, 0.15) is 16.5 Å². The molecule has 3 aromatic rings. The third kappa shape index (κ3) is 2.73. The van der Waals surface area contributed by atoms with E-state index in [1.165, 1.54) is 15.0 Å². The van der Waals surface area contributed by atoms with Gasteiger partial charge in [-0.25, -0.2) is 0 Å². The van der Waals surface area contributed by atoms with Crippen LogP contribution in [0, 0.1) is 0 Å². The topological polar surface area (TPSA) is 30.5 Å². The van der Waals surface area contributed by atoms with Gasteiger partial charge in [-0.15, -0.1) is 11.3 Å². The first-order chi connectivity index (χ1) is 10.9. The third-order valence-electron chi connectivity index (χ3n) is 3.86. The van der Waals surface area contributed by atoms with Crippen LogP contribution in [-0.4, -0.2) is 13.3 Å². The molecule has 0 bridgehead atoms. The van der Waals surface area contributed by atoms with E-state index in [4.69, 9.17) is 9.47 Å². The van der Waals surface area contributed by atoms with Gasteiger partial charge in [0.05, 0.1) is 0 Å². The van der Waals surface area contributed by atoms with E-state index in [9.17, 15) is 0 Å². The fraction of sp³-hybridized carbons (Fsp3) is 0.222. The highest BCUT2D eigenvalue weighted by molar-refractivity contribution is 7.19. The molecule has 112 valence electrons. The first kappa shape index (κ1) is 13.8. The summed E-state index contributed by atoms with van der Waals surface area (Å²) in [7, 11) is 0. The molecule has 0 saturated carbocycles. The second kappa shape index (κ2) is 6.08. The Morgan fingerprint density at radius 3 is 2.91 bits per heavy atom. The van der Waals surface area contributed by atoms with Crippen LogP contribution in [0.5, 0.6) is 5.75 Å². The molecule has 1 N–H and O–H groups in total. The Kier molecular flexibility index (Phi) is 3.81. The van der Waals surface area contributed by atoms with Gasteiger partial charge in [0.1, 0.15) is 11.9 Å². The van der Waals surface area contributed by atoms with Crippen LogP contribution in [-0.2, 0) is 11.3 Å². The predicted octanol–water partition coefficient (Wildman–Crippen LogP) is 4.10. The Labute approximate surface area is 133 Å². The summed E-state index contributed by atoms with van der Waals surface area (Å²) in [6, 6.07) is 18.8. The number of rotatable bonds is 4. The van der Waals surface area contributed by atoms with Crippen molar-refractivity contribution in [1.29, 1.82) is 0 Å². The van der Waals surface area contributed by atoms with E-state index in [0.29, 0.717) is 6.79 Å². The number of fused-ring (bicyclic) bond motifs is 2. The minimum atomic E-state index is 0.0549. The number of hydrogen-bond acceptors (Lipinski definition) is 4. The first-order valence-corrected chi connectivity index (χ1v) is 8.23. The summed E-state index contributed by atoms with van der Waals surface area (Å²) >= 11 is 1.84. The Morgan fingerprint density at radius 2 is 1.95 bits per heavy atom. The average molecular weight is 311 g/mol. The van der Waals surface area contributed by atoms with Gasteiger partial charge >= 0.3 is 0 Å². The van der Waals surface area contributed by atoms with Gasteiger partial charge in [-0.3, -0.25) is 0 Å². The van der Waals surface area contributed by atoms with Crippen LogP contribution in [0.4, 0.5) is 0 Å². The fourth-order valence-corrected chi connectivity index (χ4v) is 3.80. The summed E-state index contributed by atoms with van der Waals surface area (Å²) < 4.78 is 12.6. The van der Waals surface area contributed by atoms with E-state index in [2.05, 4.69) is 41.7 Å². The molecule has 3 nitrogen and oxygen atoms in total. The molecule has 4 heteroatoms. The van der Waals surface area contributed by atoms with Crippen molar-refractivity contribution in [1.82, 2.24) is 5.32 Å². The highest BCUT2D eigenvalue weighted by atomic mass is 32.1. The number of ether oxygens (including phenoxy) is 2. The molecular weight excluding hydrogens is 294 g/mol. The Bertz CT molecular complexity index is 750. The van der Waals surface area contributed by atoms with Crippen molar-refractivity contribution in [3.05, 3.63) is 65.0 Å². The maximum Gasteiger partial charge on any atom is 0.189 e. The second-order valence-electron chi connectivity index (χ2n) is 5.34. The van der Waals surface area contributed by atoms with E-state index in [-0.39, 0.29) is 6.10 Å². The standard InChI is InChI=1S/C18H17NO2S/c1-4-8-18-13(5-1)9-14(22-18)10-19-11-17-15-6-2-3-7-16(15)20-12-21-17/h1-9,17,19H,10-12H2. The van der Waals surface area contributed by atoms with Gasteiger partial charge < -0.3 is 14.8 Å². The van der Waals surface area contributed by atoms with Gasteiger partial charge in [0.15, 0.2) is 6.79 Å². The van der Waals surface area contributed by atoms with Crippen LogP contribution in [0.2, 0.25) is 0 Å². The van der Waals surface area contributed by atoms with Crippen molar-refractivity contribution < 1.29 is 9.47 Å². The molecule has 0 radical (unpaired) electrons. The largest absolute Gasteiger partial charge is 0.467 e. The minimum Gasteiger partial charge on any atom is -0.467 e. The zero-order valence-corrected chi connectivity index (χ0v) is 12.9. The molecular formula is C18H17NO2S. The van der Waals surface area contributed by atoms with Gasteiger partial charge in [-0.05, 0) is 23.6 Å². The lowest BCUT2D eigenvalue weighted by Gasteiger charge is -2.26. The summed E-state index contributed by atoms with van der Waals surface area (Å²) in [6.07, 6.45) is 0.0549. The molecule has 0 spiro atoms. The summed E-state index contributed by atoms with van der Waals surface area (Å²) in [6.45, 7) is 1.98. The molecule has 4 rings (SSSR count). The number of nitrogens with one attached hydrogen (secondary N) is 1. The number of thiophene rings is 1. The van der Waals surface area contributed by atoms with Gasteiger partial charge in [0.2, 0.25) is 0 Å². The van der Waals surface area contributed by atoms with Crippen LogP contribution in [0.15, 0.2) is 54.6 Å². The first-order valence-electron chi connectivity index (χ1n) is 7.42. The highest BCUT2D eigenvalue weighted by Crippen LogP contribution is 2.31. The number of para-hydroxylation sites is 1. The van der Waals surface area contributed by atoms with Crippen molar-refractivity contribution in [3.63, 3.8) is 0 Å². The van der Waals surface area contributed by atoms with Gasteiger partial charge in [0, 0.05) is 28.2 Å². The molecule has 1 atom stereocenters. The summed E-state index contributed by atoms with van der Waals surface area (Å²) in [5.74, 6) is 0.933. The minimum absolute atomic E-state index is 0.0549. The lowest BCUT2D eigenvalue weighted by molar-refractivity contribution is -0.0584. The highest BCUT2D eigenvalue weighted by Gasteiger charge is 2.21. The van der Waals surface area contributed by atoms with Gasteiger partial charge in [-0.1, -0.05) is 36.4 Å². The fourth-order valence-electron chi connectivity index (χ4n) is 2.77. The molecule has 1 aromatic heterocycles. The van der Waals surface area contributed by atoms with Crippen molar-refractivity contribution in [3.8, 4) is 5.75 Å². The Hall–Kier alpha value is -1.88. The Morgan fingerprint density at radius 1 is 1.09 bits per heavy atom. The second-order valence-corrected chi connectivity index (χ2v) is 6.51. The van der Waals surface area contributed by atoms with Crippen LogP contribution < -0.4 is 10.1 Å². The van der Waals surface area contributed by atoms with Crippen molar-refractivity contribution in [2.45, 2.75) is 12.6 Å². The smallest absolute Gasteiger partial charge is 0.189 e. The molecule has 1 aliphatic heterocycles. The third-order valence-corrected chi connectivity index (χ3v) is 4.97. The molecule has 0 fully saturated rings. The van der Waals surface area contributed by atoms with Crippen LogP contribution >= 0.6 is 11.3 Å². The van der Waals surface area contributed by atoms with Gasteiger partial charge in [0.25, 0.3) is 0 Å². The van der Waals surface area contributed by atoms with E-state index in [1.807, 2.05) is 29.5 Å². The summed E-state index contributed by atoms with van der Waals surface area (Å²) in [4.78, 5) is 1.35. The lowest BCUT2D eigenvalue weighted by atomic mass is 10.1. The molecule has 2 aromatic carbocycles. The zero-order valence-electron chi connectivity index (χ0n) is 12.1. The molecule has 2 heterocycles. The lowest BCUT2D eigenvalue weighted by Crippen LogP contribution is -2.27. The molecule has 1 aliphatic rings. The van der Waals surface area contributed by atoms with E-state index in [1.54, 1.807) is 0 Å². The maximum atomic E-state index is 5.72. The molecule has 0 aliphatic carbocycles. The summed E-state index contributed by atoms with van der Waals surface area (Å²) in [5.41, 5.74) is 1.12. The van der Waals surface area contributed by atoms with Crippen LogP contribution in [0.25, 0.3) is 10.1 Å². The molecule has 1 unspecified atom stereocenters. The summed E-state index contributed by atoms with van der Waals surface area (Å²) in [5, 5.41) is 4.82. The molecule has 22 heavy (non-hydrogen) atoms. The van der Waals surface area contributed by atoms with Crippen molar-refractivity contribution in [2.24, 2.45) is 0 Å². The van der Waals surface area contributed by atoms with Gasteiger partial charge in [-0.2, -0.15) is 0 Å². The normalized spacial score (nSPS) is 17.2. The maximum absolute atomic E-state index is 5.72.